The molecule has 70 valence electrons. The average Bonchev–Trinajstić information content (AvgIpc) is 2.85. The summed E-state index contributed by atoms with van der Waals surface area (Å²) >= 11 is 3.43. The van der Waals surface area contributed by atoms with E-state index in [0.29, 0.717) is 11.8 Å². The molecule has 0 amide bonds. The Bertz CT molecular complexity index is 298. The van der Waals surface area contributed by atoms with E-state index in [1.165, 1.54) is 18.5 Å². The fourth-order valence-corrected chi connectivity index (χ4v) is 1.72. The Hall–Kier alpha value is -0.440. The van der Waals surface area contributed by atoms with Crippen LogP contribution in [0.3, 0.4) is 0 Å². The van der Waals surface area contributed by atoms with Crippen molar-refractivity contribution in [2.24, 2.45) is 0 Å². The van der Waals surface area contributed by atoms with Crippen LogP contribution in [0.2, 0.25) is 0 Å². The van der Waals surface area contributed by atoms with Gasteiger partial charge in [0.1, 0.15) is 10.4 Å². The van der Waals surface area contributed by atoms with E-state index in [1.807, 2.05) is 6.07 Å². The second-order valence-electron chi connectivity index (χ2n) is 3.90. The summed E-state index contributed by atoms with van der Waals surface area (Å²) in [4.78, 5) is 8.90. The van der Waals surface area contributed by atoms with E-state index < -0.39 is 0 Å². The van der Waals surface area contributed by atoms with Crippen molar-refractivity contribution in [3.63, 3.8) is 0 Å². The first-order chi connectivity index (χ1) is 6.16. The van der Waals surface area contributed by atoms with Gasteiger partial charge in [-0.2, -0.15) is 0 Å². The normalized spacial score (nSPS) is 16.6. The molecule has 0 radical (unpaired) electrons. The molecule has 0 spiro atoms. The summed E-state index contributed by atoms with van der Waals surface area (Å²) in [5.41, 5.74) is 1.21. The minimum atomic E-state index is 0.412. The van der Waals surface area contributed by atoms with Crippen LogP contribution < -0.4 is 0 Å². The molecule has 0 aliphatic heterocycles. The lowest BCUT2D eigenvalue weighted by Crippen LogP contribution is -2.00. The van der Waals surface area contributed by atoms with Crippen LogP contribution in [0, 0.1) is 0 Å². The zero-order chi connectivity index (χ0) is 9.42. The summed E-state index contributed by atoms with van der Waals surface area (Å²) in [6.07, 6.45) is 2.59. The molecule has 1 aliphatic rings. The SMILES string of the molecule is CC(C)c1nc(Br)cc(C2CC2)n1. The maximum Gasteiger partial charge on any atom is 0.132 e. The second kappa shape index (κ2) is 3.37. The van der Waals surface area contributed by atoms with Gasteiger partial charge in [-0.1, -0.05) is 13.8 Å². The lowest BCUT2D eigenvalue weighted by Gasteiger charge is -2.06. The van der Waals surface area contributed by atoms with Crippen LogP contribution in [0.5, 0.6) is 0 Å². The molecule has 0 aromatic carbocycles. The van der Waals surface area contributed by atoms with Crippen LogP contribution in [0.1, 0.15) is 50.0 Å². The van der Waals surface area contributed by atoms with Gasteiger partial charge in [0.2, 0.25) is 0 Å². The minimum absolute atomic E-state index is 0.412. The predicted molar refractivity (Wildman–Crippen MR) is 55.8 cm³/mol. The van der Waals surface area contributed by atoms with Gasteiger partial charge < -0.3 is 0 Å². The smallest absolute Gasteiger partial charge is 0.132 e. The van der Waals surface area contributed by atoms with E-state index in [9.17, 15) is 0 Å². The van der Waals surface area contributed by atoms with Gasteiger partial charge in [-0.05, 0) is 34.8 Å². The highest BCUT2D eigenvalue weighted by atomic mass is 79.9. The third-order valence-corrected chi connectivity index (χ3v) is 2.65. The molecule has 0 atom stereocenters. The van der Waals surface area contributed by atoms with E-state index in [4.69, 9.17) is 0 Å². The van der Waals surface area contributed by atoms with Crippen molar-refractivity contribution in [1.82, 2.24) is 9.97 Å². The molecule has 3 heteroatoms. The largest absolute Gasteiger partial charge is 0.237 e. The Morgan fingerprint density at radius 1 is 1.38 bits per heavy atom. The predicted octanol–water partition coefficient (Wildman–Crippen LogP) is 3.24. The molecule has 0 N–H and O–H groups in total. The molecule has 2 nitrogen and oxygen atoms in total. The van der Waals surface area contributed by atoms with Gasteiger partial charge in [-0.15, -0.1) is 0 Å². The molecular weight excluding hydrogens is 228 g/mol. The first-order valence-corrected chi connectivity index (χ1v) is 5.50. The van der Waals surface area contributed by atoms with Gasteiger partial charge in [-0.25, -0.2) is 9.97 Å². The molecule has 13 heavy (non-hydrogen) atoms. The lowest BCUT2D eigenvalue weighted by atomic mass is 10.2. The summed E-state index contributed by atoms with van der Waals surface area (Å²) in [5, 5.41) is 0. The van der Waals surface area contributed by atoms with Crippen molar-refractivity contribution in [2.75, 3.05) is 0 Å². The summed E-state index contributed by atoms with van der Waals surface area (Å²) in [6, 6.07) is 2.05. The number of hydrogen-bond acceptors (Lipinski definition) is 2. The van der Waals surface area contributed by atoms with Gasteiger partial charge in [0, 0.05) is 17.5 Å². The molecule has 0 saturated heterocycles. The maximum absolute atomic E-state index is 4.55. The van der Waals surface area contributed by atoms with Crippen molar-refractivity contribution >= 4 is 15.9 Å². The van der Waals surface area contributed by atoms with Crippen LogP contribution in [-0.4, -0.2) is 9.97 Å². The van der Waals surface area contributed by atoms with E-state index in [2.05, 4.69) is 39.7 Å². The van der Waals surface area contributed by atoms with Crippen LogP contribution >= 0.6 is 15.9 Å². The van der Waals surface area contributed by atoms with Crippen LogP contribution in [0.25, 0.3) is 0 Å². The van der Waals surface area contributed by atoms with Gasteiger partial charge in [0.15, 0.2) is 0 Å². The molecule has 2 rings (SSSR count). The van der Waals surface area contributed by atoms with Crippen molar-refractivity contribution in [3.05, 3.63) is 22.2 Å². The van der Waals surface area contributed by atoms with Gasteiger partial charge >= 0.3 is 0 Å². The summed E-state index contributed by atoms with van der Waals surface area (Å²) in [5.74, 6) is 2.07. The van der Waals surface area contributed by atoms with Crippen molar-refractivity contribution in [1.29, 1.82) is 0 Å². The van der Waals surface area contributed by atoms with Gasteiger partial charge in [0.05, 0.1) is 0 Å². The monoisotopic (exact) mass is 240 g/mol. The molecule has 0 bridgehead atoms. The number of aromatic nitrogens is 2. The zero-order valence-electron chi connectivity index (χ0n) is 7.92. The Morgan fingerprint density at radius 3 is 2.62 bits per heavy atom. The Labute approximate surface area is 86.9 Å². The maximum atomic E-state index is 4.55. The summed E-state index contributed by atoms with van der Waals surface area (Å²) in [6.45, 7) is 4.25. The second-order valence-corrected chi connectivity index (χ2v) is 4.72. The van der Waals surface area contributed by atoms with E-state index >= 15 is 0 Å². The first kappa shape index (κ1) is 9.13. The summed E-state index contributed by atoms with van der Waals surface area (Å²) < 4.78 is 0.924. The van der Waals surface area contributed by atoms with Crippen LogP contribution in [-0.2, 0) is 0 Å². The van der Waals surface area contributed by atoms with E-state index in [0.717, 1.165) is 10.4 Å². The molecule has 1 heterocycles. The highest BCUT2D eigenvalue weighted by molar-refractivity contribution is 9.10. The lowest BCUT2D eigenvalue weighted by molar-refractivity contribution is 0.751. The molecule has 1 aromatic rings. The van der Waals surface area contributed by atoms with Crippen LogP contribution in [0.4, 0.5) is 0 Å². The molecule has 1 aromatic heterocycles. The van der Waals surface area contributed by atoms with Gasteiger partial charge in [-0.3, -0.25) is 0 Å². The molecule has 0 unspecified atom stereocenters. The molecule has 1 saturated carbocycles. The molecular formula is C10H13BrN2. The van der Waals surface area contributed by atoms with Crippen molar-refractivity contribution in [2.45, 2.75) is 38.5 Å². The highest BCUT2D eigenvalue weighted by Gasteiger charge is 2.26. The topological polar surface area (TPSA) is 25.8 Å². The molecule has 1 fully saturated rings. The first-order valence-electron chi connectivity index (χ1n) is 4.71. The number of halogens is 1. The fourth-order valence-electron chi connectivity index (χ4n) is 1.30. The zero-order valence-corrected chi connectivity index (χ0v) is 9.50. The third-order valence-electron chi connectivity index (χ3n) is 2.24. The van der Waals surface area contributed by atoms with Gasteiger partial charge in [0.25, 0.3) is 0 Å². The van der Waals surface area contributed by atoms with Crippen LogP contribution in [0.15, 0.2) is 10.7 Å². The molecule has 1 aliphatic carbocycles. The standard InChI is InChI=1S/C10H13BrN2/c1-6(2)10-12-8(7-3-4-7)5-9(11)13-10/h5-7H,3-4H2,1-2H3. The number of hydrogen-bond donors (Lipinski definition) is 0. The Balaban J connectivity index is 2.36. The number of rotatable bonds is 2. The highest BCUT2D eigenvalue weighted by Crippen LogP contribution is 2.39. The fraction of sp³-hybridized carbons (Fsp3) is 0.600. The summed E-state index contributed by atoms with van der Waals surface area (Å²) in [7, 11) is 0. The average molecular weight is 241 g/mol. The van der Waals surface area contributed by atoms with Crippen molar-refractivity contribution < 1.29 is 0 Å². The Morgan fingerprint density at radius 2 is 2.08 bits per heavy atom. The third kappa shape index (κ3) is 2.08. The number of nitrogens with zero attached hydrogens (tertiary/aromatic N) is 2. The quantitative estimate of drug-likeness (QED) is 0.743. The minimum Gasteiger partial charge on any atom is -0.237 e. The Kier molecular flexibility index (Phi) is 2.37. The van der Waals surface area contributed by atoms with E-state index in [-0.39, 0.29) is 0 Å². The van der Waals surface area contributed by atoms with E-state index in [1.54, 1.807) is 0 Å². The van der Waals surface area contributed by atoms with Crippen molar-refractivity contribution in [3.8, 4) is 0 Å².